The van der Waals surface area contributed by atoms with E-state index in [2.05, 4.69) is 0 Å². The van der Waals surface area contributed by atoms with Crippen molar-refractivity contribution in [2.45, 2.75) is 25.0 Å². The lowest BCUT2D eigenvalue weighted by Gasteiger charge is -2.40. The fourth-order valence-electron chi connectivity index (χ4n) is 2.39. The molecule has 1 aliphatic heterocycles. The predicted octanol–water partition coefficient (Wildman–Crippen LogP) is 0.940. The van der Waals surface area contributed by atoms with Crippen LogP contribution in [-0.4, -0.2) is 40.6 Å². The summed E-state index contributed by atoms with van der Waals surface area (Å²) < 4.78 is 0. The van der Waals surface area contributed by atoms with Crippen LogP contribution in [0.25, 0.3) is 0 Å². The average Bonchev–Trinajstić information content (AvgIpc) is 2.48. The van der Waals surface area contributed by atoms with Crippen LogP contribution >= 0.6 is 0 Å². The summed E-state index contributed by atoms with van der Waals surface area (Å²) in [7, 11) is 0. The van der Waals surface area contributed by atoms with Gasteiger partial charge in [-0.2, -0.15) is 0 Å². The van der Waals surface area contributed by atoms with Gasteiger partial charge in [0.2, 0.25) is 0 Å². The van der Waals surface area contributed by atoms with Gasteiger partial charge >= 0.3 is 11.9 Å². The zero-order chi connectivity index (χ0) is 15.4. The fourth-order valence-corrected chi connectivity index (χ4v) is 2.39. The van der Waals surface area contributed by atoms with Gasteiger partial charge < -0.3 is 15.0 Å². The Bertz CT molecular complexity index is 518. The Balaban J connectivity index is 2.35. The highest BCUT2D eigenvalue weighted by molar-refractivity contribution is 5.94. The van der Waals surface area contributed by atoms with Gasteiger partial charge in [-0.3, -0.25) is 14.4 Å². The van der Waals surface area contributed by atoms with Crippen molar-refractivity contribution >= 4 is 23.9 Å². The number of nitrogens with zero attached hydrogens (tertiary/aromatic N) is 1. The molecular weight excluding hydrogens is 278 g/mol. The van der Waals surface area contributed by atoms with Crippen molar-refractivity contribution in [2.24, 2.45) is 5.92 Å². The number of benzene rings is 1. The molecule has 0 saturated carbocycles. The van der Waals surface area contributed by atoms with Crippen LogP contribution < -0.4 is 5.06 Å². The van der Waals surface area contributed by atoms with Crippen LogP contribution in [0, 0.1) is 5.92 Å². The SMILES string of the molecule is O=C[C@H]1CCC(C(C(=O)O)C(=O)O)N(c2ccccc2)O1. The first kappa shape index (κ1) is 15.0. The van der Waals surface area contributed by atoms with Crippen LogP contribution in [0.15, 0.2) is 30.3 Å². The first-order valence-corrected chi connectivity index (χ1v) is 6.46. The number of carboxylic acid groups (broad SMARTS) is 2. The Morgan fingerprint density at radius 3 is 2.33 bits per heavy atom. The fraction of sp³-hybridized carbons (Fsp3) is 0.357. The number of anilines is 1. The molecule has 1 fully saturated rings. The Morgan fingerprint density at radius 2 is 1.81 bits per heavy atom. The van der Waals surface area contributed by atoms with Gasteiger partial charge in [0, 0.05) is 0 Å². The van der Waals surface area contributed by atoms with Gasteiger partial charge in [-0.1, -0.05) is 18.2 Å². The molecule has 0 spiro atoms. The highest BCUT2D eigenvalue weighted by Crippen LogP contribution is 2.30. The molecule has 7 nitrogen and oxygen atoms in total. The summed E-state index contributed by atoms with van der Waals surface area (Å²) in [5, 5.41) is 19.5. The number of hydrogen-bond donors (Lipinski definition) is 2. The van der Waals surface area contributed by atoms with Gasteiger partial charge in [-0.25, -0.2) is 5.06 Å². The number of aliphatic carboxylic acids is 2. The minimum absolute atomic E-state index is 0.238. The van der Waals surface area contributed by atoms with Gasteiger partial charge in [0.05, 0.1) is 11.7 Å². The molecule has 2 atom stereocenters. The predicted molar refractivity (Wildman–Crippen MR) is 71.6 cm³/mol. The van der Waals surface area contributed by atoms with Gasteiger partial charge in [0.15, 0.2) is 12.2 Å². The molecule has 1 aromatic rings. The smallest absolute Gasteiger partial charge is 0.320 e. The summed E-state index contributed by atoms with van der Waals surface area (Å²) in [5.74, 6) is -4.49. The quantitative estimate of drug-likeness (QED) is 0.615. The van der Waals surface area contributed by atoms with E-state index in [1.54, 1.807) is 30.3 Å². The average molecular weight is 293 g/mol. The second kappa shape index (κ2) is 6.36. The van der Waals surface area contributed by atoms with E-state index in [9.17, 15) is 14.4 Å². The Morgan fingerprint density at radius 1 is 1.19 bits per heavy atom. The van der Waals surface area contributed by atoms with Crippen molar-refractivity contribution in [3.05, 3.63) is 30.3 Å². The molecule has 1 unspecified atom stereocenters. The number of rotatable bonds is 5. The van der Waals surface area contributed by atoms with Crippen LogP contribution in [0.5, 0.6) is 0 Å². The van der Waals surface area contributed by atoms with E-state index in [4.69, 9.17) is 15.1 Å². The summed E-state index contributed by atoms with van der Waals surface area (Å²) in [6.45, 7) is 0. The lowest BCUT2D eigenvalue weighted by molar-refractivity contribution is -0.159. The van der Waals surface area contributed by atoms with Gasteiger partial charge in [-0.05, 0) is 25.0 Å². The molecule has 1 saturated heterocycles. The zero-order valence-corrected chi connectivity index (χ0v) is 11.1. The topological polar surface area (TPSA) is 104 Å². The van der Waals surface area contributed by atoms with Crippen molar-refractivity contribution in [1.29, 1.82) is 0 Å². The normalized spacial score (nSPS) is 22.0. The molecule has 112 valence electrons. The maximum atomic E-state index is 11.2. The third kappa shape index (κ3) is 3.19. The van der Waals surface area contributed by atoms with Gasteiger partial charge in [0.1, 0.15) is 6.10 Å². The van der Waals surface area contributed by atoms with Crippen LogP contribution in [0.1, 0.15) is 12.8 Å². The molecule has 1 aliphatic rings. The largest absolute Gasteiger partial charge is 0.481 e. The lowest BCUT2D eigenvalue weighted by atomic mass is 9.92. The Labute approximate surface area is 120 Å². The third-order valence-electron chi connectivity index (χ3n) is 3.38. The van der Waals surface area contributed by atoms with Crippen molar-refractivity contribution in [3.63, 3.8) is 0 Å². The summed E-state index contributed by atoms with van der Waals surface area (Å²) >= 11 is 0. The second-order valence-electron chi connectivity index (χ2n) is 4.74. The maximum Gasteiger partial charge on any atom is 0.320 e. The number of aldehydes is 1. The molecule has 21 heavy (non-hydrogen) atoms. The van der Waals surface area contributed by atoms with Gasteiger partial charge in [0.25, 0.3) is 0 Å². The highest BCUT2D eigenvalue weighted by atomic mass is 16.7. The summed E-state index contributed by atoms with van der Waals surface area (Å²) in [4.78, 5) is 38.8. The van der Waals surface area contributed by atoms with E-state index in [1.165, 1.54) is 5.06 Å². The molecule has 1 heterocycles. The van der Waals surface area contributed by atoms with E-state index in [0.717, 1.165) is 0 Å². The van der Waals surface area contributed by atoms with Crippen molar-refractivity contribution < 1.29 is 29.4 Å². The molecule has 0 bridgehead atoms. The molecule has 2 rings (SSSR count). The summed E-state index contributed by atoms with van der Waals surface area (Å²) in [5.41, 5.74) is 0.515. The van der Waals surface area contributed by atoms with E-state index in [1.807, 2.05) is 0 Å². The molecule has 1 aromatic carbocycles. The second-order valence-corrected chi connectivity index (χ2v) is 4.74. The van der Waals surface area contributed by atoms with Crippen molar-refractivity contribution in [1.82, 2.24) is 0 Å². The molecule has 0 radical (unpaired) electrons. The standard InChI is InChI=1S/C14H15NO6/c16-8-10-6-7-11(12(13(17)18)14(19)20)15(21-10)9-4-2-1-3-5-9/h1-5,8,10-12H,6-7H2,(H,17,18)(H,19,20)/t10-,11?/m1/s1. The first-order chi connectivity index (χ1) is 10.0. The zero-order valence-electron chi connectivity index (χ0n) is 11.1. The molecular formula is C14H15NO6. The van der Waals surface area contributed by atoms with E-state index < -0.39 is 30.0 Å². The van der Waals surface area contributed by atoms with E-state index >= 15 is 0 Å². The summed E-state index contributed by atoms with van der Waals surface area (Å²) in [6.07, 6.45) is 0.448. The number of para-hydroxylation sites is 1. The summed E-state index contributed by atoms with van der Waals surface area (Å²) in [6, 6.07) is 7.67. The van der Waals surface area contributed by atoms with E-state index in [-0.39, 0.29) is 12.8 Å². The number of carbonyl (C=O) groups is 3. The van der Waals surface area contributed by atoms with Crippen LogP contribution in [0.3, 0.4) is 0 Å². The van der Waals surface area contributed by atoms with Gasteiger partial charge in [-0.15, -0.1) is 0 Å². The third-order valence-corrected chi connectivity index (χ3v) is 3.38. The highest BCUT2D eigenvalue weighted by Gasteiger charge is 2.42. The Kier molecular flexibility index (Phi) is 4.54. The minimum atomic E-state index is -1.63. The first-order valence-electron chi connectivity index (χ1n) is 6.46. The molecule has 0 aromatic heterocycles. The minimum Gasteiger partial charge on any atom is -0.481 e. The number of carbonyl (C=O) groups excluding carboxylic acids is 1. The Hall–Kier alpha value is -2.41. The number of hydroxylamine groups is 1. The molecule has 7 heteroatoms. The van der Waals surface area contributed by atoms with Crippen LogP contribution in [0.2, 0.25) is 0 Å². The van der Waals surface area contributed by atoms with Crippen LogP contribution in [-0.2, 0) is 19.2 Å². The monoisotopic (exact) mass is 293 g/mol. The maximum absolute atomic E-state index is 11.2. The number of hydrogen-bond acceptors (Lipinski definition) is 5. The molecule has 0 aliphatic carbocycles. The van der Waals surface area contributed by atoms with Crippen LogP contribution in [0.4, 0.5) is 5.69 Å². The van der Waals surface area contributed by atoms with Crippen molar-refractivity contribution in [3.8, 4) is 0 Å². The van der Waals surface area contributed by atoms with E-state index in [0.29, 0.717) is 12.0 Å². The number of carboxylic acids is 2. The van der Waals surface area contributed by atoms with Crippen molar-refractivity contribution in [2.75, 3.05) is 5.06 Å². The lowest BCUT2D eigenvalue weighted by Crippen LogP contribution is -2.52. The molecule has 2 N–H and O–H groups in total. The molecule has 0 amide bonds.